The summed E-state index contributed by atoms with van der Waals surface area (Å²) in [7, 11) is 1.89. The molecule has 1 rings (SSSR count). The monoisotopic (exact) mass is 187 g/mol. The van der Waals surface area contributed by atoms with Crippen LogP contribution in [0.1, 0.15) is 11.7 Å². The molecule has 0 aliphatic heterocycles. The number of rotatable bonds is 3. The number of thioether (sulfide) groups is 1. The maximum Gasteiger partial charge on any atom is 0.167 e. The summed E-state index contributed by atoms with van der Waals surface area (Å²) in [6.07, 6.45) is 3.66. The fourth-order valence-electron chi connectivity index (χ4n) is 1.03. The Hall–Kier alpha value is -0.520. The van der Waals surface area contributed by atoms with E-state index in [1.54, 1.807) is 18.0 Å². The molecule has 0 bridgehead atoms. The van der Waals surface area contributed by atoms with E-state index in [0.29, 0.717) is 0 Å². The molecule has 0 spiro atoms. The SMILES string of the molecule is CSc1ncc(C(N)CO)n1C. The lowest BCUT2D eigenvalue weighted by Gasteiger charge is -2.08. The van der Waals surface area contributed by atoms with Crippen LogP contribution in [0.4, 0.5) is 0 Å². The van der Waals surface area contributed by atoms with Crippen molar-refractivity contribution < 1.29 is 5.11 Å². The van der Waals surface area contributed by atoms with Crippen LogP contribution in [0.5, 0.6) is 0 Å². The minimum atomic E-state index is -0.330. The van der Waals surface area contributed by atoms with Crippen molar-refractivity contribution in [1.82, 2.24) is 9.55 Å². The van der Waals surface area contributed by atoms with Gasteiger partial charge in [0.05, 0.1) is 24.5 Å². The van der Waals surface area contributed by atoms with Crippen LogP contribution < -0.4 is 5.73 Å². The van der Waals surface area contributed by atoms with Crippen LogP contribution in [0, 0.1) is 0 Å². The molecule has 3 N–H and O–H groups in total. The van der Waals surface area contributed by atoms with Gasteiger partial charge in [-0.25, -0.2) is 4.98 Å². The number of aliphatic hydroxyl groups excluding tert-OH is 1. The van der Waals surface area contributed by atoms with Crippen LogP contribution >= 0.6 is 11.8 Å². The van der Waals surface area contributed by atoms with Crippen LogP contribution in [0.3, 0.4) is 0 Å². The van der Waals surface area contributed by atoms with Gasteiger partial charge in [0.2, 0.25) is 0 Å². The largest absolute Gasteiger partial charge is 0.394 e. The van der Waals surface area contributed by atoms with Gasteiger partial charge in [-0.05, 0) is 6.26 Å². The van der Waals surface area contributed by atoms with Crippen molar-refractivity contribution in [1.29, 1.82) is 0 Å². The second-order valence-corrected chi connectivity index (χ2v) is 3.29. The van der Waals surface area contributed by atoms with E-state index in [2.05, 4.69) is 4.98 Å². The molecule has 0 amide bonds. The lowest BCUT2D eigenvalue weighted by molar-refractivity contribution is 0.263. The molecule has 1 aromatic rings. The summed E-state index contributed by atoms with van der Waals surface area (Å²) in [6.45, 7) is -0.0483. The Kier molecular flexibility index (Phi) is 3.13. The summed E-state index contributed by atoms with van der Waals surface area (Å²) in [6, 6.07) is -0.330. The Morgan fingerprint density at radius 3 is 2.92 bits per heavy atom. The highest BCUT2D eigenvalue weighted by Crippen LogP contribution is 2.17. The average molecular weight is 187 g/mol. The first-order valence-electron chi connectivity index (χ1n) is 3.62. The molecule has 68 valence electrons. The van der Waals surface area contributed by atoms with Crippen LogP contribution in [0.15, 0.2) is 11.4 Å². The molecule has 0 fully saturated rings. The number of nitrogens with zero attached hydrogens (tertiary/aromatic N) is 2. The number of aromatic nitrogens is 2. The molecular weight excluding hydrogens is 174 g/mol. The molecule has 1 heterocycles. The molecule has 12 heavy (non-hydrogen) atoms. The highest BCUT2D eigenvalue weighted by Gasteiger charge is 2.11. The van der Waals surface area contributed by atoms with Crippen molar-refractivity contribution >= 4 is 11.8 Å². The Labute approximate surface area is 75.8 Å². The van der Waals surface area contributed by atoms with E-state index < -0.39 is 0 Å². The van der Waals surface area contributed by atoms with Crippen molar-refractivity contribution in [2.45, 2.75) is 11.2 Å². The first-order valence-corrected chi connectivity index (χ1v) is 4.85. The predicted molar refractivity (Wildman–Crippen MR) is 49.0 cm³/mol. The van der Waals surface area contributed by atoms with Crippen molar-refractivity contribution in [3.05, 3.63) is 11.9 Å². The molecule has 0 aliphatic carbocycles. The third-order valence-corrected chi connectivity index (χ3v) is 2.49. The second kappa shape index (κ2) is 3.93. The lowest BCUT2D eigenvalue weighted by Crippen LogP contribution is -2.17. The van der Waals surface area contributed by atoms with E-state index in [4.69, 9.17) is 10.8 Å². The summed E-state index contributed by atoms with van der Waals surface area (Å²) < 4.78 is 1.89. The smallest absolute Gasteiger partial charge is 0.167 e. The maximum atomic E-state index is 8.82. The fraction of sp³-hybridized carbons (Fsp3) is 0.571. The van der Waals surface area contributed by atoms with E-state index in [0.717, 1.165) is 10.9 Å². The quantitative estimate of drug-likeness (QED) is 0.660. The molecule has 0 saturated heterocycles. The number of imidazole rings is 1. The first kappa shape index (κ1) is 9.57. The minimum absolute atomic E-state index is 0.0483. The van der Waals surface area contributed by atoms with Crippen molar-refractivity contribution in [2.24, 2.45) is 12.8 Å². The van der Waals surface area contributed by atoms with Gasteiger partial charge in [0, 0.05) is 7.05 Å². The number of aliphatic hydroxyl groups is 1. The van der Waals surface area contributed by atoms with E-state index >= 15 is 0 Å². The summed E-state index contributed by atoms with van der Waals surface area (Å²) >= 11 is 1.56. The van der Waals surface area contributed by atoms with E-state index in [1.165, 1.54) is 0 Å². The Bertz CT molecular complexity index is 261. The summed E-state index contributed by atoms with van der Waals surface area (Å²) in [4.78, 5) is 4.14. The fourth-order valence-corrected chi connectivity index (χ4v) is 1.57. The molecule has 1 atom stereocenters. The number of hydrogen-bond donors (Lipinski definition) is 2. The van der Waals surface area contributed by atoms with Crippen LogP contribution in [0.25, 0.3) is 0 Å². The molecule has 0 radical (unpaired) electrons. The van der Waals surface area contributed by atoms with Gasteiger partial charge < -0.3 is 15.4 Å². The molecule has 1 aromatic heterocycles. The molecule has 1 unspecified atom stereocenters. The van der Waals surface area contributed by atoms with Gasteiger partial charge >= 0.3 is 0 Å². The van der Waals surface area contributed by atoms with Gasteiger partial charge in [0.1, 0.15) is 0 Å². The molecule has 0 saturated carbocycles. The van der Waals surface area contributed by atoms with Gasteiger partial charge in [-0.2, -0.15) is 0 Å². The van der Waals surface area contributed by atoms with Gasteiger partial charge in [-0.1, -0.05) is 11.8 Å². The summed E-state index contributed by atoms with van der Waals surface area (Å²) in [5.74, 6) is 0. The highest BCUT2D eigenvalue weighted by atomic mass is 32.2. The molecule has 4 nitrogen and oxygen atoms in total. The first-order chi connectivity index (χ1) is 5.70. The van der Waals surface area contributed by atoms with Crippen molar-refractivity contribution in [3.8, 4) is 0 Å². The zero-order chi connectivity index (χ0) is 9.14. The van der Waals surface area contributed by atoms with Crippen LogP contribution in [-0.4, -0.2) is 27.5 Å². The number of nitrogens with two attached hydrogens (primary N) is 1. The standard InChI is InChI=1S/C7H13N3OS/c1-10-6(5(8)4-11)3-9-7(10)12-2/h3,5,11H,4,8H2,1-2H3. The zero-order valence-electron chi connectivity index (χ0n) is 7.19. The normalized spacial score (nSPS) is 13.3. The molecule has 0 aliphatic rings. The third-order valence-electron chi connectivity index (χ3n) is 1.74. The highest BCUT2D eigenvalue weighted by molar-refractivity contribution is 7.98. The summed E-state index contributed by atoms with van der Waals surface area (Å²) in [5, 5.41) is 9.73. The Morgan fingerprint density at radius 2 is 2.50 bits per heavy atom. The van der Waals surface area contributed by atoms with Gasteiger partial charge in [-0.15, -0.1) is 0 Å². The van der Waals surface area contributed by atoms with Crippen molar-refractivity contribution in [2.75, 3.05) is 12.9 Å². The molecule has 5 heteroatoms. The second-order valence-electron chi connectivity index (χ2n) is 2.52. The van der Waals surface area contributed by atoms with Crippen molar-refractivity contribution in [3.63, 3.8) is 0 Å². The van der Waals surface area contributed by atoms with Crippen LogP contribution in [0.2, 0.25) is 0 Å². The lowest BCUT2D eigenvalue weighted by atomic mass is 10.2. The molecule has 0 aromatic carbocycles. The maximum absolute atomic E-state index is 8.82. The van der Waals surface area contributed by atoms with Gasteiger partial charge in [-0.3, -0.25) is 0 Å². The Morgan fingerprint density at radius 1 is 1.83 bits per heavy atom. The van der Waals surface area contributed by atoms with Crippen LogP contribution in [-0.2, 0) is 7.05 Å². The number of hydrogen-bond acceptors (Lipinski definition) is 4. The van der Waals surface area contributed by atoms with E-state index in [-0.39, 0.29) is 12.6 Å². The Balaban J connectivity index is 2.93. The minimum Gasteiger partial charge on any atom is -0.394 e. The van der Waals surface area contributed by atoms with Gasteiger partial charge in [0.25, 0.3) is 0 Å². The zero-order valence-corrected chi connectivity index (χ0v) is 8.01. The topological polar surface area (TPSA) is 64.1 Å². The predicted octanol–water partition coefficient (Wildman–Crippen LogP) is 0.134. The molecular formula is C7H13N3OS. The third kappa shape index (κ3) is 1.63. The summed E-state index contributed by atoms with van der Waals surface area (Å²) in [5.41, 5.74) is 6.51. The van der Waals surface area contributed by atoms with Gasteiger partial charge in [0.15, 0.2) is 5.16 Å². The average Bonchev–Trinajstić information content (AvgIpc) is 2.45. The van der Waals surface area contributed by atoms with E-state index in [1.807, 2.05) is 17.9 Å². The van der Waals surface area contributed by atoms with E-state index in [9.17, 15) is 0 Å².